The highest BCUT2D eigenvalue weighted by Crippen LogP contribution is 2.62. The van der Waals surface area contributed by atoms with Crippen LogP contribution in [0.2, 0.25) is 0 Å². The highest BCUT2D eigenvalue weighted by Gasteiger charge is 2.57. The first kappa shape index (κ1) is 20.7. The van der Waals surface area contributed by atoms with Crippen molar-refractivity contribution in [2.45, 2.75) is 75.5 Å². The van der Waals surface area contributed by atoms with Crippen LogP contribution in [0.1, 0.15) is 76.0 Å². The van der Waals surface area contributed by atoms with Gasteiger partial charge in [0, 0.05) is 12.0 Å². The molecule has 5 fully saturated rings. The number of hydrogen-bond donors (Lipinski definition) is 1. The van der Waals surface area contributed by atoms with Crippen molar-refractivity contribution >= 4 is 10.0 Å². The summed E-state index contributed by atoms with van der Waals surface area (Å²) in [6.07, 6.45) is 8.83. The Labute approximate surface area is 188 Å². The number of fused-ring (bicyclic) bond motifs is 2. The van der Waals surface area contributed by atoms with Crippen LogP contribution in [0.25, 0.3) is 0 Å². The van der Waals surface area contributed by atoms with Crippen LogP contribution in [0.3, 0.4) is 0 Å². The number of sulfonamides is 1. The maximum Gasteiger partial charge on any atom is 0.217 e. The Morgan fingerprint density at radius 2 is 1.58 bits per heavy atom. The minimum Gasteiger partial charge on any atom is -0.317 e. The summed E-state index contributed by atoms with van der Waals surface area (Å²) in [7, 11) is -3.34. The third kappa shape index (κ3) is 3.09. The van der Waals surface area contributed by atoms with Crippen molar-refractivity contribution in [3.8, 4) is 0 Å². The molecule has 1 saturated heterocycles. The number of benzene rings is 1. The van der Waals surface area contributed by atoms with Gasteiger partial charge in [-0.05, 0) is 113 Å². The second kappa shape index (κ2) is 7.30. The molecule has 0 radical (unpaired) electrons. The molecule has 5 heteroatoms. The molecule has 4 nitrogen and oxygen atoms in total. The maximum atomic E-state index is 13.9. The molecule has 31 heavy (non-hydrogen) atoms. The summed E-state index contributed by atoms with van der Waals surface area (Å²) < 4.78 is 29.8. The van der Waals surface area contributed by atoms with Crippen molar-refractivity contribution in [3.63, 3.8) is 0 Å². The minimum absolute atomic E-state index is 0.0355. The lowest BCUT2D eigenvalue weighted by Crippen LogP contribution is -2.59. The molecule has 170 valence electrons. The van der Waals surface area contributed by atoms with Gasteiger partial charge in [-0.15, -0.1) is 0 Å². The summed E-state index contributed by atoms with van der Waals surface area (Å²) in [6.45, 7) is 6.39. The minimum atomic E-state index is -3.34. The van der Waals surface area contributed by atoms with E-state index in [9.17, 15) is 8.42 Å². The van der Waals surface area contributed by atoms with Crippen molar-refractivity contribution in [2.75, 3.05) is 19.6 Å². The fraction of sp³-hybridized carbons (Fsp3) is 0.769. The monoisotopic (exact) mass is 442 g/mol. The molecule has 1 spiro atoms. The van der Waals surface area contributed by atoms with E-state index in [-0.39, 0.29) is 16.7 Å². The SMILES string of the molecule is CC(C)S(=O)(=O)N1CC2(CCNCC2)c2ccccc2C1C1C2CC3CC(C2)CC1C3. The Balaban J connectivity index is 1.51. The molecule has 4 aliphatic carbocycles. The highest BCUT2D eigenvalue weighted by molar-refractivity contribution is 7.89. The van der Waals surface area contributed by atoms with Crippen molar-refractivity contribution in [1.82, 2.24) is 9.62 Å². The van der Waals surface area contributed by atoms with Crippen molar-refractivity contribution < 1.29 is 8.42 Å². The van der Waals surface area contributed by atoms with Crippen LogP contribution in [0.15, 0.2) is 24.3 Å². The number of hydrogen-bond acceptors (Lipinski definition) is 3. The average molecular weight is 443 g/mol. The van der Waals surface area contributed by atoms with E-state index in [2.05, 4.69) is 29.6 Å². The predicted molar refractivity (Wildman–Crippen MR) is 124 cm³/mol. The Hall–Kier alpha value is -0.910. The molecule has 1 unspecified atom stereocenters. The van der Waals surface area contributed by atoms with Crippen molar-refractivity contribution in [1.29, 1.82) is 0 Å². The molecule has 0 aromatic heterocycles. The van der Waals surface area contributed by atoms with Crippen LogP contribution in [0.5, 0.6) is 0 Å². The Morgan fingerprint density at radius 1 is 0.968 bits per heavy atom. The smallest absolute Gasteiger partial charge is 0.217 e. The lowest BCUT2D eigenvalue weighted by molar-refractivity contribution is -0.0691. The van der Waals surface area contributed by atoms with E-state index in [4.69, 9.17) is 0 Å². The average Bonchev–Trinajstić information content (AvgIpc) is 2.75. The lowest BCUT2D eigenvalue weighted by atomic mass is 9.49. The van der Waals surface area contributed by atoms with E-state index in [1.807, 2.05) is 18.2 Å². The molecule has 7 rings (SSSR count). The first-order chi connectivity index (χ1) is 14.9. The molecular formula is C26H38N2O2S. The Morgan fingerprint density at radius 3 is 2.19 bits per heavy atom. The molecular weight excluding hydrogens is 404 g/mol. The molecule has 0 amide bonds. The first-order valence-electron chi connectivity index (χ1n) is 12.7. The molecule has 6 aliphatic rings. The fourth-order valence-corrected chi connectivity index (χ4v) is 10.1. The molecule has 1 atom stereocenters. The number of nitrogens with one attached hydrogen (secondary N) is 1. The molecule has 4 bridgehead atoms. The van der Waals surface area contributed by atoms with Gasteiger partial charge in [-0.2, -0.15) is 4.31 Å². The van der Waals surface area contributed by atoms with E-state index in [0.717, 1.165) is 37.8 Å². The van der Waals surface area contributed by atoms with Gasteiger partial charge < -0.3 is 5.32 Å². The van der Waals surface area contributed by atoms with Gasteiger partial charge in [0.05, 0.1) is 11.3 Å². The second-order valence-electron chi connectivity index (χ2n) is 11.7. The Kier molecular flexibility index (Phi) is 4.87. The van der Waals surface area contributed by atoms with Crippen LogP contribution >= 0.6 is 0 Å². The number of rotatable bonds is 3. The number of nitrogens with zero attached hydrogens (tertiary/aromatic N) is 1. The van der Waals surface area contributed by atoms with Gasteiger partial charge in [0.25, 0.3) is 0 Å². The van der Waals surface area contributed by atoms with Crippen LogP contribution in [0.4, 0.5) is 0 Å². The quantitative estimate of drug-likeness (QED) is 0.751. The summed E-state index contributed by atoms with van der Waals surface area (Å²) in [4.78, 5) is 0. The summed E-state index contributed by atoms with van der Waals surface area (Å²) in [5.41, 5.74) is 2.77. The van der Waals surface area contributed by atoms with E-state index in [0.29, 0.717) is 24.3 Å². The van der Waals surface area contributed by atoms with E-state index in [1.54, 1.807) is 0 Å². The van der Waals surface area contributed by atoms with Crippen LogP contribution in [-0.2, 0) is 15.4 Å². The van der Waals surface area contributed by atoms with Gasteiger partial charge in [-0.1, -0.05) is 24.3 Å². The van der Waals surface area contributed by atoms with Crippen LogP contribution < -0.4 is 5.32 Å². The molecule has 1 aromatic carbocycles. The predicted octanol–water partition coefficient (Wildman–Crippen LogP) is 4.48. The van der Waals surface area contributed by atoms with E-state index < -0.39 is 10.0 Å². The highest BCUT2D eigenvalue weighted by atomic mass is 32.2. The van der Waals surface area contributed by atoms with E-state index in [1.165, 1.54) is 43.2 Å². The lowest BCUT2D eigenvalue weighted by Gasteiger charge is -2.60. The fourth-order valence-electron chi connectivity index (χ4n) is 8.61. The zero-order chi connectivity index (χ0) is 21.4. The largest absolute Gasteiger partial charge is 0.317 e. The normalized spacial score (nSPS) is 39.2. The molecule has 1 aromatic rings. The van der Waals surface area contributed by atoms with Gasteiger partial charge in [0.1, 0.15) is 0 Å². The topological polar surface area (TPSA) is 49.4 Å². The van der Waals surface area contributed by atoms with Gasteiger partial charge in [-0.25, -0.2) is 8.42 Å². The molecule has 4 saturated carbocycles. The molecule has 1 N–H and O–H groups in total. The van der Waals surface area contributed by atoms with Gasteiger partial charge in [0.15, 0.2) is 0 Å². The number of piperidine rings is 1. The van der Waals surface area contributed by atoms with Gasteiger partial charge in [0.2, 0.25) is 10.0 Å². The summed E-state index contributed by atoms with van der Waals surface area (Å²) in [6, 6.07) is 9.00. The molecule has 2 aliphatic heterocycles. The summed E-state index contributed by atoms with van der Waals surface area (Å²) in [5.74, 6) is 3.73. The van der Waals surface area contributed by atoms with Gasteiger partial charge >= 0.3 is 0 Å². The molecule has 2 heterocycles. The van der Waals surface area contributed by atoms with Crippen molar-refractivity contribution in [3.05, 3.63) is 35.4 Å². The zero-order valence-electron chi connectivity index (χ0n) is 19.1. The van der Waals surface area contributed by atoms with Gasteiger partial charge in [-0.3, -0.25) is 0 Å². The maximum absolute atomic E-state index is 13.9. The zero-order valence-corrected chi connectivity index (χ0v) is 19.9. The standard InChI is InChI=1S/C26H38N2O2S/c1-17(2)31(29,30)28-16-26(7-9-27-10-8-26)23-6-4-3-5-22(23)25(28)24-20-12-18-11-19(14-20)15-21(24)13-18/h3-6,17-21,24-25,27H,7-16H2,1-2H3. The van der Waals surface area contributed by atoms with Crippen LogP contribution in [0, 0.1) is 29.6 Å². The summed E-state index contributed by atoms with van der Waals surface area (Å²) in [5, 5.41) is 3.15. The van der Waals surface area contributed by atoms with Crippen molar-refractivity contribution in [2.24, 2.45) is 29.6 Å². The summed E-state index contributed by atoms with van der Waals surface area (Å²) >= 11 is 0. The Bertz CT molecular complexity index is 922. The first-order valence-corrected chi connectivity index (χ1v) is 14.2. The second-order valence-corrected chi connectivity index (χ2v) is 14.2. The van der Waals surface area contributed by atoms with Crippen LogP contribution in [-0.4, -0.2) is 37.6 Å². The third-order valence-electron chi connectivity index (χ3n) is 9.77. The third-order valence-corrected chi connectivity index (χ3v) is 12.0. The van der Waals surface area contributed by atoms with E-state index >= 15 is 0 Å².